The molecule has 0 aromatic heterocycles. The van der Waals surface area contributed by atoms with Gasteiger partial charge in [0.15, 0.2) is 0 Å². The van der Waals surface area contributed by atoms with Gasteiger partial charge in [0, 0.05) is 21.4 Å². The first-order chi connectivity index (χ1) is 8.56. The Bertz CT molecular complexity index is 572. The molecular weight excluding hydrogens is 269 g/mol. The summed E-state index contributed by atoms with van der Waals surface area (Å²) in [5, 5.41) is 0.453. The van der Waals surface area contributed by atoms with Gasteiger partial charge in [-0.3, -0.25) is 0 Å². The van der Waals surface area contributed by atoms with E-state index in [1.54, 1.807) is 17.8 Å². The standard InChI is InChI=1S/C14H13ClFNS/c1-9-2-5-13(17)14(6-9)18-8-10-3-4-11(16)7-12(10)15/h2-7H,8,17H2,1H3. The van der Waals surface area contributed by atoms with E-state index < -0.39 is 0 Å². The first-order valence-electron chi connectivity index (χ1n) is 5.49. The summed E-state index contributed by atoms with van der Waals surface area (Å²) in [6, 6.07) is 10.4. The zero-order chi connectivity index (χ0) is 13.1. The molecule has 0 amide bonds. The summed E-state index contributed by atoms with van der Waals surface area (Å²) in [6.07, 6.45) is 0. The first-order valence-corrected chi connectivity index (χ1v) is 6.85. The minimum Gasteiger partial charge on any atom is -0.398 e. The average molecular weight is 282 g/mol. The molecule has 2 aromatic carbocycles. The number of nitrogens with two attached hydrogens (primary N) is 1. The molecule has 2 N–H and O–H groups in total. The van der Waals surface area contributed by atoms with Crippen LogP contribution in [-0.2, 0) is 5.75 Å². The van der Waals surface area contributed by atoms with Crippen LogP contribution in [0.4, 0.5) is 10.1 Å². The third-order valence-corrected chi connectivity index (χ3v) is 4.04. The highest BCUT2D eigenvalue weighted by molar-refractivity contribution is 7.98. The first kappa shape index (κ1) is 13.2. The zero-order valence-electron chi connectivity index (χ0n) is 9.91. The van der Waals surface area contributed by atoms with Gasteiger partial charge in [-0.2, -0.15) is 0 Å². The summed E-state index contributed by atoms with van der Waals surface area (Å²) in [5.41, 5.74) is 8.73. The van der Waals surface area contributed by atoms with Crippen LogP contribution >= 0.6 is 23.4 Å². The molecule has 0 aliphatic carbocycles. The molecule has 0 aliphatic heterocycles. The molecule has 0 saturated carbocycles. The Hall–Kier alpha value is -1.19. The number of hydrogen-bond donors (Lipinski definition) is 1. The molecule has 2 aromatic rings. The van der Waals surface area contributed by atoms with Crippen molar-refractivity contribution in [1.82, 2.24) is 0 Å². The van der Waals surface area contributed by atoms with Gasteiger partial charge in [0.1, 0.15) is 5.82 Å². The Kier molecular flexibility index (Phi) is 4.15. The van der Waals surface area contributed by atoms with Crippen molar-refractivity contribution < 1.29 is 4.39 Å². The molecule has 0 fully saturated rings. The summed E-state index contributed by atoms with van der Waals surface area (Å²) in [4.78, 5) is 1.02. The maximum Gasteiger partial charge on any atom is 0.124 e. The normalized spacial score (nSPS) is 10.6. The van der Waals surface area contributed by atoms with E-state index in [9.17, 15) is 4.39 Å². The van der Waals surface area contributed by atoms with Crippen LogP contribution in [0.5, 0.6) is 0 Å². The second-order valence-electron chi connectivity index (χ2n) is 4.07. The van der Waals surface area contributed by atoms with Crippen molar-refractivity contribution in [3.8, 4) is 0 Å². The van der Waals surface area contributed by atoms with Crippen molar-refractivity contribution >= 4 is 29.1 Å². The summed E-state index contributed by atoms with van der Waals surface area (Å²) < 4.78 is 12.9. The molecule has 0 bridgehead atoms. The molecule has 0 unspecified atom stereocenters. The molecule has 0 aliphatic rings. The van der Waals surface area contributed by atoms with E-state index in [4.69, 9.17) is 17.3 Å². The van der Waals surface area contributed by atoms with E-state index >= 15 is 0 Å². The Morgan fingerprint density at radius 2 is 2.00 bits per heavy atom. The quantitative estimate of drug-likeness (QED) is 0.654. The predicted molar refractivity (Wildman–Crippen MR) is 76.6 cm³/mol. The number of benzene rings is 2. The summed E-state index contributed by atoms with van der Waals surface area (Å²) in [7, 11) is 0. The van der Waals surface area contributed by atoms with Gasteiger partial charge in [0.25, 0.3) is 0 Å². The molecule has 2 rings (SSSR count). The van der Waals surface area contributed by atoms with Crippen molar-refractivity contribution in [3.05, 3.63) is 58.4 Å². The Balaban J connectivity index is 2.13. The van der Waals surface area contributed by atoms with Gasteiger partial charge < -0.3 is 5.73 Å². The van der Waals surface area contributed by atoms with Gasteiger partial charge in [-0.15, -0.1) is 11.8 Å². The second-order valence-corrected chi connectivity index (χ2v) is 5.49. The lowest BCUT2D eigenvalue weighted by Crippen LogP contribution is -1.90. The SMILES string of the molecule is Cc1ccc(N)c(SCc2ccc(F)cc2Cl)c1. The zero-order valence-corrected chi connectivity index (χ0v) is 11.5. The monoisotopic (exact) mass is 281 g/mol. The largest absolute Gasteiger partial charge is 0.398 e. The summed E-state index contributed by atoms with van der Waals surface area (Å²) in [5.74, 6) is 0.357. The van der Waals surface area contributed by atoms with Gasteiger partial charge in [0.05, 0.1) is 0 Å². The lowest BCUT2D eigenvalue weighted by Gasteiger charge is -2.08. The maximum absolute atomic E-state index is 12.9. The molecule has 0 radical (unpaired) electrons. The third kappa shape index (κ3) is 3.18. The van der Waals surface area contributed by atoms with Crippen molar-refractivity contribution in [3.63, 3.8) is 0 Å². The van der Waals surface area contributed by atoms with Crippen LogP contribution in [0.1, 0.15) is 11.1 Å². The molecule has 0 saturated heterocycles. The van der Waals surface area contributed by atoms with Gasteiger partial charge in [-0.1, -0.05) is 23.7 Å². The molecule has 94 valence electrons. The predicted octanol–water partition coefficient (Wildman–Crippen LogP) is 4.66. The van der Waals surface area contributed by atoms with Gasteiger partial charge in [-0.05, 0) is 42.3 Å². The lowest BCUT2D eigenvalue weighted by atomic mass is 10.2. The van der Waals surface area contributed by atoms with Crippen LogP contribution in [0.15, 0.2) is 41.3 Å². The second kappa shape index (κ2) is 5.63. The number of anilines is 1. The summed E-state index contributed by atoms with van der Waals surface area (Å²) >= 11 is 7.58. The molecule has 18 heavy (non-hydrogen) atoms. The van der Waals surface area contributed by atoms with Crippen LogP contribution < -0.4 is 5.73 Å². The Morgan fingerprint density at radius 3 is 2.72 bits per heavy atom. The Labute approximate surface area is 115 Å². The minimum absolute atomic E-state index is 0.316. The van der Waals surface area contributed by atoms with Crippen molar-refractivity contribution in [2.24, 2.45) is 0 Å². The van der Waals surface area contributed by atoms with E-state index in [2.05, 4.69) is 0 Å². The van der Waals surface area contributed by atoms with Crippen molar-refractivity contribution in [1.29, 1.82) is 0 Å². The van der Waals surface area contributed by atoms with E-state index in [0.29, 0.717) is 10.8 Å². The number of nitrogen functional groups attached to an aromatic ring is 1. The highest BCUT2D eigenvalue weighted by atomic mass is 35.5. The fraction of sp³-hybridized carbons (Fsp3) is 0.143. The number of aryl methyl sites for hydroxylation is 1. The van der Waals surface area contributed by atoms with E-state index in [0.717, 1.165) is 21.7 Å². The third-order valence-electron chi connectivity index (χ3n) is 2.57. The van der Waals surface area contributed by atoms with E-state index in [-0.39, 0.29) is 5.82 Å². The lowest BCUT2D eigenvalue weighted by molar-refractivity contribution is 0.627. The van der Waals surface area contributed by atoms with Gasteiger partial charge >= 0.3 is 0 Å². The van der Waals surface area contributed by atoms with Crippen LogP contribution in [0.3, 0.4) is 0 Å². The molecular formula is C14H13ClFNS. The van der Waals surface area contributed by atoms with Crippen LogP contribution in [-0.4, -0.2) is 0 Å². The van der Waals surface area contributed by atoms with Crippen LogP contribution in [0.2, 0.25) is 5.02 Å². The maximum atomic E-state index is 12.9. The smallest absolute Gasteiger partial charge is 0.124 e. The van der Waals surface area contributed by atoms with Gasteiger partial charge in [-0.25, -0.2) is 4.39 Å². The van der Waals surface area contributed by atoms with Crippen molar-refractivity contribution in [2.75, 3.05) is 5.73 Å². The fourth-order valence-electron chi connectivity index (χ4n) is 1.56. The number of rotatable bonds is 3. The molecule has 0 atom stereocenters. The number of halogens is 2. The molecule has 1 nitrogen and oxygen atoms in total. The van der Waals surface area contributed by atoms with Crippen LogP contribution in [0, 0.1) is 12.7 Å². The summed E-state index contributed by atoms with van der Waals surface area (Å²) in [6.45, 7) is 2.02. The molecule has 0 spiro atoms. The minimum atomic E-state index is -0.316. The molecule has 4 heteroatoms. The van der Waals surface area contributed by atoms with Crippen molar-refractivity contribution in [2.45, 2.75) is 17.6 Å². The Morgan fingerprint density at radius 1 is 1.22 bits per heavy atom. The van der Waals surface area contributed by atoms with E-state index in [1.807, 2.05) is 25.1 Å². The molecule has 0 heterocycles. The van der Waals surface area contributed by atoms with Crippen LogP contribution in [0.25, 0.3) is 0 Å². The van der Waals surface area contributed by atoms with Gasteiger partial charge in [0.2, 0.25) is 0 Å². The highest BCUT2D eigenvalue weighted by Crippen LogP contribution is 2.31. The highest BCUT2D eigenvalue weighted by Gasteiger charge is 2.05. The van der Waals surface area contributed by atoms with E-state index in [1.165, 1.54) is 12.1 Å². The topological polar surface area (TPSA) is 26.0 Å². The number of hydrogen-bond acceptors (Lipinski definition) is 2. The average Bonchev–Trinajstić information content (AvgIpc) is 2.32. The number of thioether (sulfide) groups is 1. The fourth-order valence-corrected chi connectivity index (χ4v) is 2.94.